The number of carbonyl (C=O) groups excluding carboxylic acids is 1. The largest absolute Gasteiger partial charge is 0.444 e. The maximum atomic E-state index is 12.0. The van der Waals surface area contributed by atoms with Crippen LogP contribution in [0, 0.1) is 19.8 Å². The number of piperidine rings is 1. The second-order valence-corrected chi connectivity index (χ2v) is 8.67. The van der Waals surface area contributed by atoms with Crippen LogP contribution >= 0.6 is 24.0 Å². The molecule has 0 radical (unpaired) electrons. The number of hydrogen-bond donors (Lipinski definition) is 2. The highest BCUT2D eigenvalue weighted by atomic mass is 127. The standard InChI is InChI=1S/C24H36N6O2.HI/c1-17-18(2)32-22(28-17)16-30-12-10-20(11-13-30)15-27-24(25-3)26-14-19-6-8-21(9-7-19)23(31)29(4)5;/h6-9,20H,10-16H2,1-5H3,(H2,25,26,27);1H. The van der Waals surface area contributed by atoms with Crippen LogP contribution in [0.3, 0.4) is 0 Å². The summed E-state index contributed by atoms with van der Waals surface area (Å²) < 4.78 is 5.72. The number of halogens is 1. The van der Waals surface area contributed by atoms with E-state index >= 15 is 0 Å². The summed E-state index contributed by atoms with van der Waals surface area (Å²) in [4.78, 5) is 24.8. The lowest BCUT2D eigenvalue weighted by atomic mass is 9.97. The Morgan fingerprint density at radius 3 is 2.39 bits per heavy atom. The molecule has 1 fully saturated rings. The second-order valence-electron chi connectivity index (χ2n) is 8.67. The molecule has 0 unspecified atom stereocenters. The molecule has 0 aliphatic carbocycles. The molecule has 2 N–H and O–H groups in total. The van der Waals surface area contributed by atoms with Crippen LogP contribution in [0.5, 0.6) is 0 Å². The molecule has 1 aliphatic heterocycles. The lowest BCUT2D eigenvalue weighted by molar-refractivity contribution is 0.0827. The fourth-order valence-electron chi connectivity index (χ4n) is 3.82. The Labute approximate surface area is 214 Å². The van der Waals surface area contributed by atoms with Gasteiger partial charge in [0.2, 0.25) is 5.89 Å². The van der Waals surface area contributed by atoms with E-state index < -0.39 is 0 Å². The molecular weight excluding hydrogens is 531 g/mol. The predicted octanol–water partition coefficient (Wildman–Crippen LogP) is 3.19. The van der Waals surface area contributed by atoms with E-state index in [1.54, 1.807) is 26.0 Å². The summed E-state index contributed by atoms with van der Waals surface area (Å²) in [5, 5.41) is 6.82. The molecule has 0 bridgehead atoms. The minimum atomic E-state index is 0. The number of benzene rings is 1. The summed E-state index contributed by atoms with van der Waals surface area (Å²) >= 11 is 0. The molecule has 0 spiro atoms. The summed E-state index contributed by atoms with van der Waals surface area (Å²) in [6, 6.07) is 7.68. The maximum absolute atomic E-state index is 12.0. The first-order valence-electron chi connectivity index (χ1n) is 11.3. The van der Waals surface area contributed by atoms with Crippen LogP contribution in [0.15, 0.2) is 33.7 Å². The molecule has 0 saturated carbocycles. The number of aromatic nitrogens is 1. The Kier molecular flexibility index (Phi) is 10.6. The summed E-state index contributed by atoms with van der Waals surface area (Å²) in [5.41, 5.74) is 2.78. The SMILES string of the molecule is CN=C(NCc1ccc(C(=O)N(C)C)cc1)NCC1CCN(Cc2nc(C)c(C)o2)CC1.I. The molecule has 2 aromatic rings. The van der Waals surface area contributed by atoms with E-state index in [0.29, 0.717) is 18.0 Å². The van der Waals surface area contributed by atoms with Crippen LogP contribution < -0.4 is 10.6 Å². The van der Waals surface area contributed by atoms with Crippen LogP contribution in [0.4, 0.5) is 0 Å². The zero-order chi connectivity index (χ0) is 23.1. The molecule has 1 saturated heterocycles. The Balaban J connectivity index is 0.00000385. The van der Waals surface area contributed by atoms with E-state index in [4.69, 9.17) is 4.42 Å². The van der Waals surface area contributed by atoms with Gasteiger partial charge in [-0.3, -0.25) is 14.7 Å². The Hall–Kier alpha value is -2.14. The van der Waals surface area contributed by atoms with Crippen LogP contribution in [0.2, 0.25) is 0 Å². The second kappa shape index (κ2) is 12.9. The number of nitrogens with one attached hydrogen (secondary N) is 2. The Morgan fingerprint density at radius 1 is 1.18 bits per heavy atom. The summed E-state index contributed by atoms with van der Waals surface area (Å²) in [5.74, 6) is 3.16. The predicted molar refractivity (Wildman–Crippen MR) is 142 cm³/mol. The number of rotatable bonds is 7. The smallest absolute Gasteiger partial charge is 0.253 e. The number of amides is 1. The van der Waals surface area contributed by atoms with Crippen molar-refractivity contribution in [2.24, 2.45) is 10.9 Å². The van der Waals surface area contributed by atoms with Gasteiger partial charge in [-0.15, -0.1) is 24.0 Å². The van der Waals surface area contributed by atoms with E-state index in [1.807, 2.05) is 38.1 Å². The molecule has 1 amide bonds. The van der Waals surface area contributed by atoms with Crippen molar-refractivity contribution >= 4 is 35.8 Å². The van der Waals surface area contributed by atoms with E-state index in [9.17, 15) is 4.79 Å². The quantitative estimate of drug-likeness (QED) is 0.303. The van der Waals surface area contributed by atoms with Gasteiger partial charge in [0, 0.05) is 39.8 Å². The van der Waals surface area contributed by atoms with Crippen LogP contribution in [-0.2, 0) is 13.1 Å². The van der Waals surface area contributed by atoms with Crippen molar-refractivity contribution in [3.63, 3.8) is 0 Å². The maximum Gasteiger partial charge on any atom is 0.253 e. The van der Waals surface area contributed by atoms with E-state index in [1.165, 1.54) is 0 Å². The minimum Gasteiger partial charge on any atom is -0.444 e. The van der Waals surface area contributed by atoms with Crippen molar-refractivity contribution in [3.8, 4) is 0 Å². The van der Waals surface area contributed by atoms with Gasteiger partial charge in [-0.2, -0.15) is 0 Å². The number of aryl methyl sites for hydroxylation is 2. The topological polar surface area (TPSA) is 86.0 Å². The van der Waals surface area contributed by atoms with Gasteiger partial charge in [0.05, 0.1) is 12.2 Å². The van der Waals surface area contributed by atoms with E-state index in [0.717, 1.165) is 67.9 Å². The first-order chi connectivity index (χ1) is 15.4. The molecule has 1 aromatic carbocycles. The number of oxazole rings is 1. The van der Waals surface area contributed by atoms with Gasteiger partial charge in [0.25, 0.3) is 5.91 Å². The summed E-state index contributed by atoms with van der Waals surface area (Å²) in [6.07, 6.45) is 2.29. The molecule has 2 heterocycles. The van der Waals surface area contributed by atoms with Gasteiger partial charge >= 0.3 is 0 Å². The highest BCUT2D eigenvalue weighted by Gasteiger charge is 2.21. The van der Waals surface area contributed by atoms with Gasteiger partial charge in [0.15, 0.2) is 5.96 Å². The van der Waals surface area contributed by atoms with Crippen molar-refractivity contribution in [2.75, 3.05) is 40.8 Å². The first-order valence-corrected chi connectivity index (χ1v) is 11.3. The van der Waals surface area contributed by atoms with Gasteiger partial charge in [-0.25, -0.2) is 4.98 Å². The van der Waals surface area contributed by atoms with Crippen molar-refractivity contribution in [2.45, 2.75) is 39.8 Å². The molecule has 1 aliphatic rings. The van der Waals surface area contributed by atoms with E-state index in [-0.39, 0.29) is 29.9 Å². The van der Waals surface area contributed by atoms with Gasteiger partial charge < -0.3 is 20.0 Å². The Bertz CT molecular complexity index is 898. The molecule has 3 rings (SSSR count). The van der Waals surface area contributed by atoms with Gasteiger partial charge in [-0.05, 0) is 63.4 Å². The molecule has 9 heteroatoms. The zero-order valence-electron chi connectivity index (χ0n) is 20.4. The fourth-order valence-corrected chi connectivity index (χ4v) is 3.82. The minimum absolute atomic E-state index is 0. The lowest BCUT2D eigenvalue weighted by Crippen LogP contribution is -2.42. The third kappa shape index (κ3) is 7.99. The summed E-state index contributed by atoms with van der Waals surface area (Å²) in [7, 11) is 5.31. The van der Waals surface area contributed by atoms with Crippen molar-refractivity contribution in [1.82, 2.24) is 25.4 Å². The number of carbonyl (C=O) groups is 1. The molecular formula is C24H37IN6O2. The highest BCUT2D eigenvalue weighted by molar-refractivity contribution is 14.0. The summed E-state index contributed by atoms with van der Waals surface area (Å²) in [6.45, 7) is 8.41. The van der Waals surface area contributed by atoms with E-state index in [2.05, 4.69) is 25.5 Å². The number of nitrogens with zero attached hydrogens (tertiary/aromatic N) is 4. The molecule has 1 aromatic heterocycles. The zero-order valence-corrected chi connectivity index (χ0v) is 22.7. The van der Waals surface area contributed by atoms with Crippen molar-refractivity contribution < 1.29 is 9.21 Å². The highest BCUT2D eigenvalue weighted by Crippen LogP contribution is 2.19. The average Bonchev–Trinajstić information content (AvgIpc) is 3.11. The molecule has 8 nitrogen and oxygen atoms in total. The lowest BCUT2D eigenvalue weighted by Gasteiger charge is -2.31. The van der Waals surface area contributed by atoms with Gasteiger partial charge in [0.1, 0.15) is 5.76 Å². The van der Waals surface area contributed by atoms with Crippen molar-refractivity contribution in [3.05, 3.63) is 52.7 Å². The Morgan fingerprint density at radius 2 is 1.85 bits per heavy atom. The van der Waals surface area contributed by atoms with Crippen molar-refractivity contribution in [1.29, 1.82) is 0 Å². The monoisotopic (exact) mass is 568 g/mol. The molecule has 33 heavy (non-hydrogen) atoms. The normalized spacial score (nSPS) is 15.1. The number of guanidine groups is 1. The third-order valence-electron chi connectivity index (χ3n) is 5.99. The fraction of sp³-hybridized carbons (Fsp3) is 0.542. The number of likely N-dealkylation sites (tertiary alicyclic amines) is 1. The average molecular weight is 569 g/mol. The third-order valence-corrected chi connectivity index (χ3v) is 5.99. The first kappa shape index (κ1) is 27.1. The van der Waals surface area contributed by atoms with Crippen LogP contribution in [-0.4, -0.2) is 67.4 Å². The van der Waals surface area contributed by atoms with Crippen LogP contribution in [0.1, 0.15) is 46.1 Å². The van der Waals surface area contributed by atoms with Gasteiger partial charge in [-0.1, -0.05) is 12.1 Å². The van der Waals surface area contributed by atoms with Crippen LogP contribution in [0.25, 0.3) is 0 Å². The number of aliphatic imine (C=N–C) groups is 1. The number of hydrogen-bond acceptors (Lipinski definition) is 5. The molecule has 0 atom stereocenters. The molecule has 182 valence electrons.